The molecule has 120 valence electrons. The fourth-order valence-corrected chi connectivity index (χ4v) is 2.70. The molecule has 1 atom stereocenters. The number of nitrogens with two attached hydrogens (primary N) is 1. The molecule has 1 heterocycles. The van der Waals surface area contributed by atoms with Crippen LogP contribution in [0.15, 0.2) is 60.7 Å². The van der Waals surface area contributed by atoms with Gasteiger partial charge < -0.3 is 15.2 Å². The molecule has 1 aliphatic rings. The Morgan fingerprint density at radius 3 is 2.09 bits per heavy atom. The molecule has 0 aliphatic carbocycles. The minimum absolute atomic E-state index is 0.102. The summed E-state index contributed by atoms with van der Waals surface area (Å²) in [4.78, 5) is 11.3. The third-order valence-corrected chi connectivity index (χ3v) is 4.14. The van der Waals surface area contributed by atoms with Crippen LogP contribution in [0.4, 0.5) is 0 Å². The second-order valence-corrected chi connectivity index (χ2v) is 5.61. The van der Waals surface area contributed by atoms with Crippen molar-refractivity contribution in [2.24, 2.45) is 5.73 Å². The summed E-state index contributed by atoms with van der Waals surface area (Å²) in [5.41, 5.74) is 6.22. The lowest BCUT2D eigenvalue weighted by molar-refractivity contribution is -0.597. The van der Waals surface area contributed by atoms with Gasteiger partial charge in [-0.3, -0.25) is 10.1 Å². The molecule has 1 unspecified atom stereocenters. The lowest BCUT2D eigenvalue weighted by atomic mass is 9.87. The number of ether oxygens (including phenoxy) is 2. The van der Waals surface area contributed by atoms with Gasteiger partial charge in [0.25, 0.3) is 5.54 Å². The highest BCUT2D eigenvalue weighted by molar-refractivity contribution is 5.23. The standard InChI is InChI=1S/C17H18N2O4/c18-15(13-7-3-1-4-8-13)17(19(20)21)11-22-16(23-12-17)14-9-5-2-6-10-14/h1-10,15-16H,11-12,18H2. The van der Waals surface area contributed by atoms with Gasteiger partial charge in [0.05, 0.1) is 0 Å². The molecule has 0 amide bonds. The molecule has 2 aromatic carbocycles. The molecule has 0 radical (unpaired) electrons. The van der Waals surface area contributed by atoms with E-state index in [-0.39, 0.29) is 18.1 Å². The summed E-state index contributed by atoms with van der Waals surface area (Å²) in [5, 5.41) is 11.7. The fourth-order valence-electron chi connectivity index (χ4n) is 2.70. The van der Waals surface area contributed by atoms with Gasteiger partial charge in [0.2, 0.25) is 0 Å². The van der Waals surface area contributed by atoms with E-state index in [1.807, 2.05) is 36.4 Å². The molecule has 6 nitrogen and oxygen atoms in total. The van der Waals surface area contributed by atoms with Gasteiger partial charge in [-0.15, -0.1) is 0 Å². The molecule has 0 aromatic heterocycles. The molecule has 6 heteroatoms. The molecule has 1 saturated heterocycles. The van der Waals surface area contributed by atoms with Crippen molar-refractivity contribution in [3.63, 3.8) is 0 Å². The normalized spacial score (nSPS) is 25.7. The van der Waals surface area contributed by atoms with E-state index in [0.29, 0.717) is 5.56 Å². The molecule has 2 N–H and O–H groups in total. The van der Waals surface area contributed by atoms with Crippen LogP contribution < -0.4 is 5.73 Å². The average molecular weight is 314 g/mol. The third kappa shape index (κ3) is 2.96. The number of nitro groups is 1. The Morgan fingerprint density at radius 1 is 1.04 bits per heavy atom. The van der Waals surface area contributed by atoms with Crippen LogP contribution in [0.1, 0.15) is 23.5 Å². The van der Waals surface area contributed by atoms with Crippen LogP contribution in [0.3, 0.4) is 0 Å². The van der Waals surface area contributed by atoms with Crippen LogP contribution in [-0.2, 0) is 9.47 Å². The molecule has 3 rings (SSSR count). The second-order valence-electron chi connectivity index (χ2n) is 5.61. The molecular weight excluding hydrogens is 296 g/mol. The summed E-state index contributed by atoms with van der Waals surface area (Å²) in [5.74, 6) is 0. The van der Waals surface area contributed by atoms with E-state index in [0.717, 1.165) is 5.56 Å². The lowest BCUT2D eigenvalue weighted by Crippen LogP contribution is -2.57. The van der Waals surface area contributed by atoms with E-state index in [2.05, 4.69) is 0 Å². The van der Waals surface area contributed by atoms with Crippen LogP contribution in [-0.4, -0.2) is 23.7 Å². The molecule has 23 heavy (non-hydrogen) atoms. The van der Waals surface area contributed by atoms with Crippen molar-refractivity contribution < 1.29 is 14.4 Å². The Hall–Kier alpha value is -2.28. The van der Waals surface area contributed by atoms with Gasteiger partial charge in [0.15, 0.2) is 6.29 Å². The van der Waals surface area contributed by atoms with Crippen molar-refractivity contribution in [3.05, 3.63) is 81.9 Å². The topological polar surface area (TPSA) is 87.6 Å². The molecule has 2 aromatic rings. The third-order valence-electron chi connectivity index (χ3n) is 4.14. The average Bonchev–Trinajstić information content (AvgIpc) is 2.62. The van der Waals surface area contributed by atoms with E-state index < -0.39 is 17.9 Å². The van der Waals surface area contributed by atoms with E-state index >= 15 is 0 Å². The number of rotatable bonds is 4. The van der Waals surface area contributed by atoms with Crippen LogP contribution in [0.2, 0.25) is 0 Å². The molecular formula is C17H18N2O4. The van der Waals surface area contributed by atoms with Gasteiger partial charge in [-0.05, 0) is 5.56 Å². The summed E-state index contributed by atoms with van der Waals surface area (Å²) in [7, 11) is 0. The molecule has 0 bridgehead atoms. The minimum atomic E-state index is -1.49. The van der Waals surface area contributed by atoms with E-state index in [9.17, 15) is 10.1 Å². The van der Waals surface area contributed by atoms with Crippen LogP contribution in [0.5, 0.6) is 0 Å². The zero-order valence-corrected chi connectivity index (χ0v) is 12.5. The van der Waals surface area contributed by atoms with Gasteiger partial charge in [0, 0.05) is 10.5 Å². The first-order chi connectivity index (χ1) is 11.1. The second kappa shape index (κ2) is 6.45. The molecule has 0 spiro atoms. The molecule has 1 fully saturated rings. The Bertz CT molecular complexity index is 655. The van der Waals surface area contributed by atoms with E-state index in [4.69, 9.17) is 15.2 Å². The first-order valence-electron chi connectivity index (χ1n) is 7.37. The van der Waals surface area contributed by atoms with Crippen molar-refractivity contribution in [2.45, 2.75) is 17.9 Å². The fraction of sp³-hybridized carbons (Fsp3) is 0.294. The Balaban J connectivity index is 1.81. The predicted octanol–water partition coefficient (Wildman–Crippen LogP) is 2.45. The van der Waals surface area contributed by atoms with Crippen molar-refractivity contribution in [2.75, 3.05) is 13.2 Å². The highest BCUT2D eigenvalue weighted by atomic mass is 16.7. The van der Waals surface area contributed by atoms with Crippen molar-refractivity contribution in [1.82, 2.24) is 0 Å². The summed E-state index contributed by atoms with van der Waals surface area (Å²) >= 11 is 0. The first-order valence-corrected chi connectivity index (χ1v) is 7.37. The van der Waals surface area contributed by atoms with Crippen molar-refractivity contribution >= 4 is 0 Å². The Labute approximate surface area is 134 Å². The van der Waals surface area contributed by atoms with Crippen LogP contribution >= 0.6 is 0 Å². The summed E-state index contributed by atoms with van der Waals surface area (Å²) in [6.07, 6.45) is -0.604. The smallest absolute Gasteiger partial charge is 0.286 e. The number of nitrogens with zero attached hydrogens (tertiary/aromatic N) is 1. The summed E-state index contributed by atoms with van der Waals surface area (Å²) in [6.45, 7) is -0.203. The zero-order valence-electron chi connectivity index (χ0n) is 12.5. The Kier molecular flexibility index (Phi) is 4.38. The van der Waals surface area contributed by atoms with Crippen molar-refractivity contribution in [1.29, 1.82) is 0 Å². The monoisotopic (exact) mass is 314 g/mol. The van der Waals surface area contributed by atoms with Crippen LogP contribution in [0.25, 0.3) is 0 Å². The van der Waals surface area contributed by atoms with Gasteiger partial charge in [0.1, 0.15) is 19.3 Å². The van der Waals surface area contributed by atoms with E-state index in [1.54, 1.807) is 24.3 Å². The maximum atomic E-state index is 11.7. The van der Waals surface area contributed by atoms with Crippen LogP contribution in [0, 0.1) is 10.1 Å². The van der Waals surface area contributed by atoms with Gasteiger partial charge in [-0.2, -0.15) is 0 Å². The zero-order chi connectivity index (χ0) is 16.3. The largest absolute Gasteiger partial charge is 0.341 e. The summed E-state index contributed by atoms with van der Waals surface area (Å²) in [6, 6.07) is 17.5. The quantitative estimate of drug-likeness (QED) is 0.692. The minimum Gasteiger partial charge on any atom is -0.341 e. The first kappa shape index (κ1) is 15.6. The van der Waals surface area contributed by atoms with Crippen molar-refractivity contribution in [3.8, 4) is 0 Å². The highest BCUT2D eigenvalue weighted by Gasteiger charge is 2.54. The van der Waals surface area contributed by atoms with Gasteiger partial charge in [-0.1, -0.05) is 60.7 Å². The SMILES string of the molecule is NC(c1ccccc1)C1([N+](=O)[O-])COC(c2ccccc2)OC1. The number of benzene rings is 2. The lowest BCUT2D eigenvalue weighted by Gasteiger charge is -2.37. The summed E-state index contributed by atoms with van der Waals surface area (Å²) < 4.78 is 11.3. The Morgan fingerprint density at radius 2 is 1.57 bits per heavy atom. The number of hydrogen-bond donors (Lipinski definition) is 1. The molecule has 1 aliphatic heterocycles. The predicted molar refractivity (Wildman–Crippen MR) is 84.2 cm³/mol. The van der Waals surface area contributed by atoms with E-state index in [1.165, 1.54) is 0 Å². The number of hydrogen-bond acceptors (Lipinski definition) is 5. The maximum Gasteiger partial charge on any atom is 0.286 e. The van der Waals surface area contributed by atoms with Gasteiger partial charge >= 0.3 is 0 Å². The maximum absolute atomic E-state index is 11.7. The highest BCUT2D eigenvalue weighted by Crippen LogP contribution is 2.35. The molecule has 0 saturated carbocycles. The van der Waals surface area contributed by atoms with Gasteiger partial charge in [-0.25, -0.2) is 0 Å².